The molecule has 0 saturated heterocycles. The quantitative estimate of drug-likeness (QED) is 0.382. The molecule has 5 aromatic rings. The van der Waals surface area contributed by atoms with Gasteiger partial charge in [0.25, 0.3) is 0 Å². The number of unbranched alkanes of at least 4 members (excludes halogenated alkanes) is 1. The van der Waals surface area contributed by atoms with E-state index in [9.17, 15) is 0 Å². The zero-order chi connectivity index (χ0) is 22.5. The predicted octanol–water partition coefficient (Wildman–Crippen LogP) is 4.58. The highest BCUT2D eigenvalue weighted by atomic mass is 15.5. The molecule has 8 nitrogen and oxygen atoms in total. The smallest absolute Gasteiger partial charge is 0.204 e. The Kier molecular flexibility index (Phi) is 5.97. The van der Waals surface area contributed by atoms with Crippen LogP contribution in [0.5, 0.6) is 0 Å². The summed E-state index contributed by atoms with van der Waals surface area (Å²) in [5.41, 5.74) is 6.13. The Bertz CT molecular complexity index is 1290. The van der Waals surface area contributed by atoms with Gasteiger partial charge in [-0.05, 0) is 28.3 Å². The van der Waals surface area contributed by atoms with E-state index in [1.54, 1.807) is 18.6 Å². The van der Waals surface area contributed by atoms with E-state index in [-0.39, 0.29) is 0 Å². The van der Waals surface area contributed by atoms with Crippen molar-refractivity contribution in [3.8, 4) is 33.9 Å². The molecule has 3 aromatic heterocycles. The van der Waals surface area contributed by atoms with E-state index in [2.05, 4.69) is 84.7 Å². The van der Waals surface area contributed by atoms with Crippen LogP contribution >= 0.6 is 0 Å². The van der Waals surface area contributed by atoms with Crippen molar-refractivity contribution < 1.29 is 0 Å². The summed E-state index contributed by atoms with van der Waals surface area (Å²) in [5, 5.41) is 14.1. The minimum absolute atomic E-state index is 0.594. The van der Waals surface area contributed by atoms with Gasteiger partial charge in [0.1, 0.15) is 17.2 Å². The van der Waals surface area contributed by atoms with Crippen molar-refractivity contribution in [2.45, 2.75) is 32.7 Å². The fourth-order valence-corrected chi connectivity index (χ4v) is 3.78. The molecule has 3 heterocycles. The molecular formula is C25H24N8. The lowest BCUT2D eigenvalue weighted by Gasteiger charge is -2.09. The highest BCUT2D eigenvalue weighted by Crippen LogP contribution is 2.24. The Balaban J connectivity index is 1.35. The van der Waals surface area contributed by atoms with Crippen LogP contribution in [-0.4, -0.2) is 40.1 Å². The SMILES string of the molecule is CCCCc1nc(-c2cnccn2)cn1Cc1ccc(-c2ccc(-c3nn[nH]n3)cc2)cc1. The Labute approximate surface area is 191 Å². The first kappa shape index (κ1) is 20.7. The number of nitrogens with zero attached hydrogens (tertiary/aromatic N) is 7. The van der Waals surface area contributed by atoms with Crippen LogP contribution in [0.4, 0.5) is 0 Å². The van der Waals surface area contributed by atoms with Gasteiger partial charge in [-0.25, -0.2) is 4.98 Å². The molecule has 0 saturated carbocycles. The Morgan fingerprint density at radius 2 is 1.64 bits per heavy atom. The first-order valence-electron chi connectivity index (χ1n) is 11.1. The summed E-state index contributed by atoms with van der Waals surface area (Å²) >= 11 is 0. The van der Waals surface area contributed by atoms with Gasteiger partial charge in [0.15, 0.2) is 0 Å². The van der Waals surface area contributed by atoms with Crippen molar-refractivity contribution in [1.29, 1.82) is 0 Å². The van der Waals surface area contributed by atoms with E-state index in [0.717, 1.165) is 59.7 Å². The molecule has 0 aliphatic rings. The fourth-order valence-electron chi connectivity index (χ4n) is 3.78. The summed E-state index contributed by atoms with van der Waals surface area (Å²) in [4.78, 5) is 13.4. The molecular weight excluding hydrogens is 412 g/mol. The zero-order valence-electron chi connectivity index (χ0n) is 18.4. The van der Waals surface area contributed by atoms with Crippen molar-refractivity contribution in [2.24, 2.45) is 0 Å². The molecule has 2 aromatic carbocycles. The normalized spacial score (nSPS) is 11.1. The largest absolute Gasteiger partial charge is 0.330 e. The van der Waals surface area contributed by atoms with Gasteiger partial charge in [0, 0.05) is 37.1 Å². The maximum Gasteiger partial charge on any atom is 0.204 e. The summed E-state index contributed by atoms with van der Waals surface area (Å²) in [6.45, 7) is 2.97. The average Bonchev–Trinajstić information content (AvgIpc) is 3.55. The third-order valence-corrected chi connectivity index (χ3v) is 5.57. The molecule has 8 heteroatoms. The maximum atomic E-state index is 4.85. The highest BCUT2D eigenvalue weighted by Gasteiger charge is 2.11. The summed E-state index contributed by atoms with van der Waals surface area (Å²) in [5.74, 6) is 1.68. The van der Waals surface area contributed by atoms with E-state index >= 15 is 0 Å². The lowest BCUT2D eigenvalue weighted by Crippen LogP contribution is -2.04. The van der Waals surface area contributed by atoms with Crippen molar-refractivity contribution in [3.63, 3.8) is 0 Å². The second kappa shape index (κ2) is 9.52. The Morgan fingerprint density at radius 1 is 0.879 bits per heavy atom. The Morgan fingerprint density at radius 3 is 2.30 bits per heavy atom. The monoisotopic (exact) mass is 436 g/mol. The molecule has 0 unspecified atom stereocenters. The van der Waals surface area contributed by atoms with Crippen LogP contribution < -0.4 is 0 Å². The molecule has 33 heavy (non-hydrogen) atoms. The van der Waals surface area contributed by atoms with E-state index in [1.807, 2.05) is 12.1 Å². The number of aromatic amines is 1. The van der Waals surface area contributed by atoms with Crippen LogP contribution in [0.1, 0.15) is 31.2 Å². The van der Waals surface area contributed by atoms with Crippen LogP contribution in [0.15, 0.2) is 73.3 Å². The molecule has 0 aliphatic heterocycles. The predicted molar refractivity (Wildman–Crippen MR) is 126 cm³/mol. The third-order valence-electron chi connectivity index (χ3n) is 5.57. The van der Waals surface area contributed by atoms with Gasteiger partial charge in [0.2, 0.25) is 5.82 Å². The molecule has 0 amide bonds. The van der Waals surface area contributed by atoms with E-state index < -0.39 is 0 Å². The van der Waals surface area contributed by atoms with Crippen LogP contribution in [0.25, 0.3) is 33.9 Å². The van der Waals surface area contributed by atoms with Gasteiger partial charge in [-0.2, -0.15) is 5.21 Å². The summed E-state index contributed by atoms with van der Waals surface area (Å²) in [7, 11) is 0. The Hall–Kier alpha value is -4.20. The zero-order valence-corrected chi connectivity index (χ0v) is 18.4. The first-order chi connectivity index (χ1) is 16.3. The van der Waals surface area contributed by atoms with E-state index in [1.165, 1.54) is 5.56 Å². The van der Waals surface area contributed by atoms with Gasteiger partial charge in [-0.1, -0.05) is 61.9 Å². The number of rotatable bonds is 8. The second-order valence-electron chi connectivity index (χ2n) is 7.87. The number of aromatic nitrogens is 8. The molecule has 0 spiro atoms. The lowest BCUT2D eigenvalue weighted by atomic mass is 10.0. The number of aryl methyl sites for hydroxylation is 1. The molecule has 0 radical (unpaired) electrons. The molecule has 0 bridgehead atoms. The van der Waals surface area contributed by atoms with Gasteiger partial charge >= 0.3 is 0 Å². The number of benzene rings is 2. The fraction of sp³-hybridized carbons (Fsp3) is 0.200. The number of nitrogens with one attached hydrogen (secondary N) is 1. The molecule has 5 rings (SSSR count). The highest BCUT2D eigenvalue weighted by molar-refractivity contribution is 5.67. The third kappa shape index (κ3) is 4.69. The van der Waals surface area contributed by atoms with E-state index in [4.69, 9.17) is 4.98 Å². The molecule has 0 atom stereocenters. The van der Waals surface area contributed by atoms with E-state index in [0.29, 0.717) is 5.82 Å². The van der Waals surface area contributed by atoms with Crippen LogP contribution in [0.3, 0.4) is 0 Å². The maximum absolute atomic E-state index is 4.85. The van der Waals surface area contributed by atoms with Crippen molar-refractivity contribution in [3.05, 3.63) is 84.7 Å². The minimum Gasteiger partial charge on any atom is -0.330 e. The lowest BCUT2D eigenvalue weighted by molar-refractivity contribution is 0.678. The van der Waals surface area contributed by atoms with Crippen molar-refractivity contribution >= 4 is 0 Å². The van der Waals surface area contributed by atoms with Crippen molar-refractivity contribution in [2.75, 3.05) is 0 Å². The van der Waals surface area contributed by atoms with Crippen LogP contribution in [0.2, 0.25) is 0 Å². The van der Waals surface area contributed by atoms with Gasteiger partial charge in [-0.15, -0.1) is 10.2 Å². The topological polar surface area (TPSA) is 98.1 Å². The number of imidazole rings is 1. The minimum atomic E-state index is 0.594. The summed E-state index contributed by atoms with van der Waals surface area (Å²) < 4.78 is 2.23. The van der Waals surface area contributed by atoms with Gasteiger partial charge in [-0.3, -0.25) is 9.97 Å². The second-order valence-corrected chi connectivity index (χ2v) is 7.87. The number of hydrogen-bond acceptors (Lipinski definition) is 6. The molecule has 164 valence electrons. The van der Waals surface area contributed by atoms with Gasteiger partial charge < -0.3 is 4.57 Å². The number of H-pyrrole nitrogens is 1. The first-order valence-corrected chi connectivity index (χ1v) is 11.1. The van der Waals surface area contributed by atoms with Gasteiger partial charge in [0.05, 0.1) is 6.20 Å². The standard InChI is InChI=1S/C25H24N8/c1-2-3-4-24-28-23(22-15-26-13-14-27-22)17-33(24)16-18-5-7-19(8-6-18)20-9-11-21(12-10-20)25-29-31-32-30-25/h5-15,17H,2-4,16H2,1H3,(H,29,30,31,32). The number of tetrazole rings is 1. The summed E-state index contributed by atoms with van der Waals surface area (Å²) in [6, 6.07) is 16.8. The average molecular weight is 437 g/mol. The summed E-state index contributed by atoms with van der Waals surface area (Å²) in [6.07, 6.45) is 10.4. The molecule has 0 aliphatic carbocycles. The molecule has 0 fully saturated rings. The van der Waals surface area contributed by atoms with Crippen LogP contribution in [-0.2, 0) is 13.0 Å². The number of hydrogen-bond donors (Lipinski definition) is 1. The molecule has 1 N–H and O–H groups in total. The van der Waals surface area contributed by atoms with Crippen molar-refractivity contribution in [1.82, 2.24) is 40.1 Å². The van der Waals surface area contributed by atoms with Crippen LogP contribution in [0, 0.1) is 0 Å².